The van der Waals surface area contributed by atoms with Gasteiger partial charge in [0, 0.05) is 38.4 Å². The minimum atomic E-state index is -0.339. The van der Waals surface area contributed by atoms with Crippen molar-refractivity contribution in [2.45, 2.75) is 94.9 Å². The van der Waals surface area contributed by atoms with Gasteiger partial charge >= 0.3 is 0 Å². The smallest absolute Gasteiger partial charge is 0.233 e. The van der Waals surface area contributed by atoms with Crippen molar-refractivity contribution in [1.29, 1.82) is 0 Å². The molecule has 166 valence electrons. The summed E-state index contributed by atoms with van der Waals surface area (Å²) in [7, 11) is 0. The van der Waals surface area contributed by atoms with Crippen LogP contribution in [0.15, 0.2) is 0 Å². The highest BCUT2D eigenvalue weighted by atomic mass is 79.9. The zero-order valence-corrected chi connectivity index (χ0v) is 19.4. The Morgan fingerprint density at radius 3 is 2.07 bits per heavy atom. The fourth-order valence-corrected chi connectivity index (χ4v) is 6.16. The Bertz CT molecular complexity index is 528. The molecule has 5 nitrogen and oxygen atoms in total. The number of halogens is 1. The molecule has 3 saturated carbocycles. The first-order valence-electron chi connectivity index (χ1n) is 12.0. The summed E-state index contributed by atoms with van der Waals surface area (Å²) in [6.45, 7) is 4.14. The highest BCUT2D eigenvalue weighted by molar-refractivity contribution is 9.09. The van der Waals surface area contributed by atoms with Gasteiger partial charge in [0.05, 0.1) is 17.5 Å². The number of aliphatic hydroxyl groups is 1. The first kappa shape index (κ1) is 22.0. The minimum absolute atomic E-state index is 0.0303. The molecule has 4 aliphatic rings. The zero-order valence-electron chi connectivity index (χ0n) is 17.8. The number of piperidine rings is 1. The minimum Gasteiger partial charge on any atom is -0.391 e. The van der Waals surface area contributed by atoms with E-state index in [-0.39, 0.29) is 18.1 Å². The van der Waals surface area contributed by atoms with Crippen molar-refractivity contribution in [1.82, 2.24) is 9.80 Å². The Balaban J connectivity index is 1.21. The number of nitrogens with zero attached hydrogens (tertiary/aromatic N) is 2. The van der Waals surface area contributed by atoms with Crippen molar-refractivity contribution >= 4 is 21.8 Å². The van der Waals surface area contributed by atoms with Gasteiger partial charge in [0.15, 0.2) is 0 Å². The quantitative estimate of drug-likeness (QED) is 0.550. The lowest BCUT2D eigenvalue weighted by atomic mass is 9.85. The van der Waals surface area contributed by atoms with Crippen LogP contribution >= 0.6 is 15.9 Å². The number of alkyl halides is 1. The molecule has 0 aromatic carbocycles. The number of ether oxygens (including phenoxy) is 1. The predicted molar refractivity (Wildman–Crippen MR) is 118 cm³/mol. The summed E-state index contributed by atoms with van der Waals surface area (Å²) in [6, 6.07) is 1.04. The van der Waals surface area contributed by atoms with E-state index in [1.807, 2.05) is 0 Å². The molecule has 29 heavy (non-hydrogen) atoms. The molecular weight excluding hydrogens is 432 g/mol. The maximum absolute atomic E-state index is 12.6. The van der Waals surface area contributed by atoms with Crippen LogP contribution in [-0.2, 0) is 9.53 Å². The van der Waals surface area contributed by atoms with E-state index in [4.69, 9.17) is 4.74 Å². The van der Waals surface area contributed by atoms with Crippen LogP contribution in [0.2, 0.25) is 0 Å². The molecule has 4 rings (SSSR count). The second kappa shape index (κ2) is 10.4. The summed E-state index contributed by atoms with van der Waals surface area (Å²) < 4.78 is 5.93. The molecule has 0 radical (unpaired) electrons. The van der Waals surface area contributed by atoms with Gasteiger partial charge < -0.3 is 19.6 Å². The SMILES string of the molecule is O=C(CBr)N(C1CCN([C@H]2CC[C@H](COCC3CC3)CC2)CC1)[C@H]1CCC[C@H]1O. The molecule has 3 aliphatic carbocycles. The van der Waals surface area contributed by atoms with E-state index in [1.165, 1.54) is 38.5 Å². The van der Waals surface area contributed by atoms with Crippen molar-refractivity contribution in [3.8, 4) is 0 Å². The summed E-state index contributed by atoms with van der Waals surface area (Å²) in [5.41, 5.74) is 0. The van der Waals surface area contributed by atoms with Crippen LogP contribution in [0.1, 0.15) is 70.6 Å². The second-order valence-electron chi connectivity index (χ2n) is 9.92. The lowest BCUT2D eigenvalue weighted by Gasteiger charge is -2.45. The van der Waals surface area contributed by atoms with Crippen LogP contribution in [0.3, 0.4) is 0 Å². The number of carbonyl (C=O) groups excluding carboxylic acids is 1. The van der Waals surface area contributed by atoms with E-state index in [2.05, 4.69) is 25.7 Å². The largest absolute Gasteiger partial charge is 0.391 e. The number of hydrogen-bond donors (Lipinski definition) is 1. The van der Waals surface area contributed by atoms with Gasteiger partial charge in [0.2, 0.25) is 5.91 Å². The van der Waals surface area contributed by atoms with Gasteiger partial charge in [-0.15, -0.1) is 0 Å². The van der Waals surface area contributed by atoms with E-state index in [1.54, 1.807) is 0 Å². The van der Waals surface area contributed by atoms with Crippen LogP contribution < -0.4 is 0 Å². The highest BCUT2D eigenvalue weighted by Crippen LogP contribution is 2.34. The Morgan fingerprint density at radius 1 is 0.931 bits per heavy atom. The average molecular weight is 471 g/mol. The first-order valence-corrected chi connectivity index (χ1v) is 13.1. The summed E-state index contributed by atoms with van der Waals surface area (Å²) >= 11 is 3.36. The Morgan fingerprint density at radius 2 is 1.55 bits per heavy atom. The molecule has 0 aromatic heterocycles. The lowest BCUT2D eigenvalue weighted by molar-refractivity contribution is -0.137. The Hall–Kier alpha value is -0.170. The van der Waals surface area contributed by atoms with Gasteiger partial charge in [0.25, 0.3) is 0 Å². The molecule has 0 aromatic rings. The Labute approximate surface area is 184 Å². The van der Waals surface area contributed by atoms with E-state index in [9.17, 15) is 9.90 Å². The van der Waals surface area contributed by atoms with Gasteiger partial charge in [-0.3, -0.25) is 4.79 Å². The third-order valence-electron chi connectivity index (χ3n) is 7.83. The van der Waals surface area contributed by atoms with Gasteiger partial charge in [-0.2, -0.15) is 0 Å². The molecule has 4 fully saturated rings. The molecule has 2 atom stereocenters. The number of amides is 1. The van der Waals surface area contributed by atoms with E-state index >= 15 is 0 Å². The fourth-order valence-electron chi connectivity index (χ4n) is 5.87. The normalized spacial score (nSPS) is 34.4. The van der Waals surface area contributed by atoms with Crippen LogP contribution in [-0.4, -0.2) is 76.7 Å². The molecule has 0 bridgehead atoms. The summed E-state index contributed by atoms with van der Waals surface area (Å²) in [4.78, 5) is 17.4. The van der Waals surface area contributed by atoms with E-state index < -0.39 is 0 Å². The number of aliphatic hydroxyl groups excluding tert-OH is 1. The van der Waals surface area contributed by atoms with Crippen molar-refractivity contribution in [3.05, 3.63) is 0 Å². The summed E-state index contributed by atoms with van der Waals surface area (Å²) in [5, 5.41) is 10.7. The van der Waals surface area contributed by atoms with Crippen LogP contribution in [0.25, 0.3) is 0 Å². The summed E-state index contributed by atoms with van der Waals surface area (Å²) in [5.74, 6) is 1.79. The lowest BCUT2D eigenvalue weighted by Crippen LogP contribution is -2.55. The van der Waals surface area contributed by atoms with E-state index in [0.29, 0.717) is 17.4 Å². The van der Waals surface area contributed by atoms with Gasteiger partial charge in [0.1, 0.15) is 0 Å². The van der Waals surface area contributed by atoms with Crippen LogP contribution in [0, 0.1) is 11.8 Å². The molecule has 0 spiro atoms. The average Bonchev–Trinajstić information content (AvgIpc) is 3.49. The maximum Gasteiger partial charge on any atom is 0.233 e. The zero-order chi connectivity index (χ0) is 20.2. The first-order chi connectivity index (χ1) is 14.2. The molecule has 1 N–H and O–H groups in total. The fraction of sp³-hybridized carbons (Fsp3) is 0.957. The summed E-state index contributed by atoms with van der Waals surface area (Å²) in [6.07, 6.45) is 12.5. The predicted octanol–water partition coefficient (Wildman–Crippen LogP) is 3.57. The molecule has 1 amide bonds. The molecule has 1 saturated heterocycles. The second-order valence-corrected chi connectivity index (χ2v) is 10.5. The third-order valence-corrected chi connectivity index (χ3v) is 8.31. The molecular formula is C23H39BrN2O3. The number of likely N-dealkylation sites (tertiary alicyclic amines) is 1. The van der Waals surface area contributed by atoms with Crippen molar-refractivity contribution in [2.24, 2.45) is 11.8 Å². The monoisotopic (exact) mass is 470 g/mol. The van der Waals surface area contributed by atoms with Gasteiger partial charge in [-0.25, -0.2) is 0 Å². The van der Waals surface area contributed by atoms with Gasteiger partial charge in [-0.05, 0) is 82.5 Å². The molecule has 1 heterocycles. The van der Waals surface area contributed by atoms with Crippen LogP contribution in [0.5, 0.6) is 0 Å². The molecule has 1 aliphatic heterocycles. The maximum atomic E-state index is 12.6. The topological polar surface area (TPSA) is 53.0 Å². The highest BCUT2D eigenvalue weighted by Gasteiger charge is 2.39. The van der Waals surface area contributed by atoms with E-state index in [0.717, 1.165) is 70.2 Å². The third kappa shape index (κ3) is 5.75. The Kier molecular flexibility index (Phi) is 7.93. The number of carbonyl (C=O) groups is 1. The van der Waals surface area contributed by atoms with Crippen molar-refractivity contribution < 1.29 is 14.6 Å². The standard InChI is InChI=1S/C23H39BrN2O3/c24-14-23(28)26(21-2-1-3-22(21)27)20-10-12-25(13-11-20)19-8-6-18(7-9-19)16-29-15-17-4-5-17/h17-22,27H,1-16H2/t18-,19-,21-,22+/m0/s1. The molecule has 6 heteroatoms. The number of rotatable bonds is 8. The van der Waals surface area contributed by atoms with Crippen LogP contribution in [0.4, 0.5) is 0 Å². The molecule has 0 unspecified atom stereocenters. The number of hydrogen-bond acceptors (Lipinski definition) is 4. The van der Waals surface area contributed by atoms with Gasteiger partial charge in [-0.1, -0.05) is 15.9 Å². The van der Waals surface area contributed by atoms with Crippen molar-refractivity contribution in [2.75, 3.05) is 31.6 Å². The van der Waals surface area contributed by atoms with Crippen molar-refractivity contribution in [3.63, 3.8) is 0 Å².